The van der Waals surface area contributed by atoms with E-state index in [1.807, 2.05) is 0 Å². The third-order valence-electron chi connectivity index (χ3n) is 2.17. The predicted octanol–water partition coefficient (Wildman–Crippen LogP) is -0.390. The third kappa shape index (κ3) is 4.59. The molecule has 0 saturated carbocycles. The summed E-state index contributed by atoms with van der Waals surface area (Å²) in [6.45, 7) is 3.07. The van der Waals surface area contributed by atoms with Gasteiger partial charge in [0.05, 0.1) is 6.54 Å². The summed E-state index contributed by atoms with van der Waals surface area (Å²) < 4.78 is 0. The highest BCUT2D eigenvalue weighted by Gasteiger charge is 2.14. The van der Waals surface area contributed by atoms with E-state index >= 15 is 0 Å². The quantitative estimate of drug-likeness (QED) is 0.479. The number of carboxylic acids is 1. The van der Waals surface area contributed by atoms with E-state index in [0.717, 1.165) is 0 Å². The van der Waals surface area contributed by atoms with Crippen LogP contribution in [-0.4, -0.2) is 47.9 Å². The molecule has 0 rings (SSSR count). The highest BCUT2D eigenvalue weighted by molar-refractivity contribution is 5.86. The molecule has 0 fully saturated rings. The number of nitrogens with zero attached hydrogens (tertiary/aromatic N) is 1. The average molecular weight is 228 g/mol. The molecule has 0 radical (unpaired) electrons. The summed E-state index contributed by atoms with van der Waals surface area (Å²) in [7, 11) is 1.55. The van der Waals surface area contributed by atoms with Gasteiger partial charge in [0.1, 0.15) is 0 Å². The first kappa shape index (κ1) is 14.2. The molecular weight excluding hydrogens is 212 g/mol. The normalized spacial score (nSPS) is 12.8. The minimum atomic E-state index is -1.02. The van der Waals surface area contributed by atoms with Crippen molar-refractivity contribution in [1.29, 1.82) is 0 Å². The van der Waals surface area contributed by atoms with Crippen LogP contribution >= 0.6 is 0 Å². The Hall–Kier alpha value is -1.85. The van der Waals surface area contributed by atoms with Crippen LogP contribution in [0, 0.1) is 0 Å². The van der Waals surface area contributed by atoms with Gasteiger partial charge in [-0.3, -0.25) is 9.59 Å². The minimum Gasteiger partial charge on any atom is -0.478 e. The van der Waals surface area contributed by atoms with Crippen LogP contribution in [0.1, 0.15) is 13.8 Å². The molecule has 0 aromatic carbocycles. The number of aliphatic carboxylic acids is 1. The van der Waals surface area contributed by atoms with Crippen molar-refractivity contribution in [3.63, 3.8) is 0 Å². The van der Waals surface area contributed by atoms with Gasteiger partial charge in [0.2, 0.25) is 12.3 Å². The second-order valence-corrected chi connectivity index (χ2v) is 3.40. The zero-order valence-electron chi connectivity index (χ0n) is 9.56. The molecule has 6 heteroatoms. The Morgan fingerprint density at radius 3 is 2.50 bits per heavy atom. The fourth-order valence-corrected chi connectivity index (χ4v) is 1.03. The van der Waals surface area contributed by atoms with Crippen LogP contribution in [0.2, 0.25) is 0 Å². The van der Waals surface area contributed by atoms with Crippen LogP contribution in [-0.2, 0) is 14.4 Å². The van der Waals surface area contributed by atoms with Crippen molar-refractivity contribution in [3.05, 3.63) is 11.6 Å². The number of amides is 2. The van der Waals surface area contributed by atoms with Crippen LogP contribution in [0.15, 0.2) is 11.6 Å². The Labute approximate surface area is 93.9 Å². The van der Waals surface area contributed by atoms with Crippen molar-refractivity contribution >= 4 is 18.3 Å². The standard InChI is InChI=1S/C10H16N2O4/c1-7(10(15)16)4-8(2)12(3)9(14)5-11-6-13/h4,6,8H,5H2,1-3H3,(H,11,13)(H,15,16)/b7-4+/t8-/m0/s1. The molecule has 0 bridgehead atoms. The molecule has 2 amide bonds. The maximum atomic E-state index is 11.4. The molecule has 1 atom stereocenters. The van der Waals surface area contributed by atoms with Gasteiger partial charge in [-0.15, -0.1) is 0 Å². The maximum absolute atomic E-state index is 11.4. The topological polar surface area (TPSA) is 86.7 Å². The summed E-state index contributed by atoms with van der Waals surface area (Å²) in [5.74, 6) is -1.30. The molecule has 16 heavy (non-hydrogen) atoms. The fourth-order valence-electron chi connectivity index (χ4n) is 1.03. The van der Waals surface area contributed by atoms with Crippen molar-refractivity contribution in [2.45, 2.75) is 19.9 Å². The number of rotatable bonds is 6. The molecule has 2 N–H and O–H groups in total. The predicted molar refractivity (Wildman–Crippen MR) is 57.7 cm³/mol. The molecule has 0 aliphatic heterocycles. The first-order valence-corrected chi connectivity index (χ1v) is 4.74. The zero-order chi connectivity index (χ0) is 12.7. The van der Waals surface area contributed by atoms with E-state index in [4.69, 9.17) is 5.11 Å². The van der Waals surface area contributed by atoms with Crippen LogP contribution in [0.4, 0.5) is 0 Å². The van der Waals surface area contributed by atoms with E-state index in [9.17, 15) is 14.4 Å². The lowest BCUT2D eigenvalue weighted by molar-refractivity contribution is -0.133. The molecule has 0 aliphatic rings. The van der Waals surface area contributed by atoms with Gasteiger partial charge in [0.15, 0.2) is 0 Å². The number of carbonyl (C=O) groups is 3. The number of carboxylic acid groups (broad SMARTS) is 1. The Kier molecular flexibility index (Phi) is 5.84. The Bertz CT molecular complexity index is 312. The lowest BCUT2D eigenvalue weighted by Crippen LogP contribution is -2.39. The van der Waals surface area contributed by atoms with Crippen molar-refractivity contribution in [1.82, 2.24) is 10.2 Å². The summed E-state index contributed by atoms with van der Waals surface area (Å²) in [4.78, 5) is 33.4. The lowest BCUT2D eigenvalue weighted by atomic mass is 10.2. The highest BCUT2D eigenvalue weighted by atomic mass is 16.4. The van der Waals surface area contributed by atoms with Gasteiger partial charge >= 0.3 is 5.97 Å². The SMILES string of the molecule is C/C(=C\[C@H](C)N(C)C(=O)CNC=O)C(=O)O. The summed E-state index contributed by atoms with van der Waals surface area (Å²) in [6.07, 6.45) is 1.91. The van der Waals surface area contributed by atoms with Gasteiger partial charge in [0.25, 0.3) is 0 Å². The molecule has 0 spiro atoms. The highest BCUT2D eigenvalue weighted by Crippen LogP contribution is 2.02. The van der Waals surface area contributed by atoms with Gasteiger partial charge in [-0.2, -0.15) is 0 Å². The molecule has 0 aliphatic carbocycles. The summed E-state index contributed by atoms with van der Waals surface area (Å²) >= 11 is 0. The van der Waals surface area contributed by atoms with E-state index in [2.05, 4.69) is 5.32 Å². The van der Waals surface area contributed by atoms with Crippen LogP contribution in [0.25, 0.3) is 0 Å². The largest absolute Gasteiger partial charge is 0.478 e. The third-order valence-corrected chi connectivity index (χ3v) is 2.17. The van der Waals surface area contributed by atoms with Gasteiger partial charge in [-0.1, -0.05) is 6.08 Å². The van der Waals surface area contributed by atoms with Gasteiger partial charge in [-0.05, 0) is 13.8 Å². The number of hydrogen-bond donors (Lipinski definition) is 2. The number of hydrogen-bond acceptors (Lipinski definition) is 3. The molecule has 0 unspecified atom stereocenters. The van der Waals surface area contributed by atoms with E-state index in [-0.39, 0.29) is 24.1 Å². The van der Waals surface area contributed by atoms with Crippen molar-refractivity contribution in [2.24, 2.45) is 0 Å². The minimum absolute atomic E-state index is 0.0930. The first-order valence-electron chi connectivity index (χ1n) is 4.74. The number of likely N-dealkylation sites (N-methyl/N-ethyl adjacent to an activating group) is 1. The van der Waals surface area contributed by atoms with Crippen molar-refractivity contribution < 1.29 is 19.5 Å². The van der Waals surface area contributed by atoms with Gasteiger partial charge < -0.3 is 15.3 Å². The molecule has 6 nitrogen and oxygen atoms in total. The van der Waals surface area contributed by atoms with Crippen molar-refractivity contribution in [3.8, 4) is 0 Å². The summed E-state index contributed by atoms with van der Waals surface area (Å²) in [5.41, 5.74) is 0.176. The second-order valence-electron chi connectivity index (χ2n) is 3.40. The molecule has 90 valence electrons. The van der Waals surface area contributed by atoms with E-state index < -0.39 is 5.97 Å². The molecule has 0 heterocycles. The van der Waals surface area contributed by atoms with E-state index in [1.54, 1.807) is 14.0 Å². The molecule has 0 saturated heterocycles. The Morgan fingerprint density at radius 1 is 1.50 bits per heavy atom. The van der Waals surface area contributed by atoms with Crippen LogP contribution in [0.3, 0.4) is 0 Å². The Morgan fingerprint density at radius 2 is 2.06 bits per heavy atom. The van der Waals surface area contributed by atoms with Gasteiger partial charge in [-0.25, -0.2) is 4.79 Å². The van der Waals surface area contributed by atoms with Crippen molar-refractivity contribution in [2.75, 3.05) is 13.6 Å². The van der Waals surface area contributed by atoms with Gasteiger partial charge in [0, 0.05) is 18.7 Å². The summed E-state index contributed by atoms with van der Waals surface area (Å²) in [5, 5.41) is 10.9. The monoisotopic (exact) mass is 228 g/mol. The molecule has 0 aromatic rings. The van der Waals surface area contributed by atoms with Crippen LogP contribution in [0.5, 0.6) is 0 Å². The molecular formula is C10H16N2O4. The Balaban J connectivity index is 4.43. The smallest absolute Gasteiger partial charge is 0.331 e. The summed E-state index contributed by atoms with van der Waals surface area (Å²) in [6, 6.07) is -0.336. The second kappa shape index (κ2) is 6.60. The maximum Gasteiger partial charge on any atom is 0.331 e. The number of carbonyl (C=O) groups excluding carboxylic acids is 2. The molecule has 0 aromatic heterocycles. The average Bonchev–Trinajstić information content (AvgIpc) is 2.24. The lowest BCUT2D eigenvalue weighted by Gasteiger charge is -2.22. The van der Waals surface area contributed by atoms with E-state index in [0.29, 0.717) is 6.41 Å². The first-order chi connectivity index (χ1) is 7.40. The van der Waals surface area contributed by atoms with Crippen LogP contribution < -0.4 is 5.32 Å². The number of nitrogens with one attached hydrogen (secondary N) is 1. The zero-order valence-corrected chi connectivity index (χ0v) is 9.56. The van der Waals surface area contributed by atoms with E-state index in [1.165, 1.54) is 17.9 Å². The fraction of sp³-hybridized carbons (Fsp3) is 0.500.